The van der Waals surface area contributed by atoms with Gasteiger partial charge in [-0.1, -0.05) is 47.1 Å². The van der Waals surface area contributed by atoms with E-state index in [1.54, 1.807) is 4.68 Å². The van der Waals surface area contributed by atoms with Gasteiger partial charge in [-0.05, 0) is 41.1 Å². The molecule has 0 aliphatic heterocycles. The van der Waals surface area contributed by atoms with Crippen molar-refractivity contribution in [3.05, 3.63) is 52.1 Å². The van der Waals surface area contributed by atoms with Crippen LogP contribution in [0.3, 0.4) is 0 Å². The number of aryl methyl sites for hydroxylation is 1. The van der Waals surface area contributed by atoms with E-state index in [0.717, 1.165) is 11.3 Å². The van der Waals surface area contributed by atoms with E-state index < -0.39 is 0 Å². The summed E-state index contributed by atoms with van der Waals surface area (Å²) in [6, 6.07) is 9.26. The Hall–Kier alpha value is -2.16. The number of aromatic nitrogens is 5. The number of rotatable bonds is 5. The van der Waals surface area contributed by atoms with E-state index in [9.17, 15) is 4.79 Å². The number of pyridine rings is 1. The molecule has 0 bridgehead atoms. The van der Waals surface area contributed by atoms with Crippen molar-refractivity contribution in [3.63, 3.8) is 0 Å². The quantitative estimate of drug-likeness (QED) is 0.667. The Morgan fingerprint density at radius 1 is 1.32 bits per heavy atom. The van der Waals surface area contributed by atoms with Gasteiger partial charge < -0.3 is 5.32 Å². The second-order valence-corrected chi connectivity index (χ2v) is 6.82. The van der Waals surface area contributed by atoms with Crippen molar-refractivity contribution in [2.24, 2.45) is 0 Å². The molecular weight excluding hydrogens is 383 g/mol. The van der Waals surface area contributed by atoms with Crippen molar-refractivity contribution >= 4 is 46.7 Å². The third-order valence-electron chi connectivity index (χ3n) is 3.09. The molecule has 2 aromatic heterocycles. The fourth-order valence-corrected chi connectivity index (χ4v) is 3.11. The lowest BCUT2D eigenvalue weighted by molar-refractivity contribution is -0.113. The van der Waals surface area contributed by atoms with Gasteiger partial charge in [0.05, 0.1) is 21.5 Å². The van der Waals surface area contributed by atoms with Gasteiger partial charge in [-0.25, -0.2) is 4.98 Å². The number of anilines is 1. The monoisotopic (exact) mass is 394 g/mol. The maximum atomic E-state index is 12.1. The molecule has 128 valence electrons. The average Bonchev–Trinajstić information content (AvgIpc) is 3.04. The Kier molecular flexibility index (Phi) is 5.52. The highest BCUT2D eigenvalue weighted by Crippen LogP contribution is 2.23. The minimum atomic E-state index is -0.277. The first-order chi connectivity index (χ1) is 12.0. The van der Waals surface area contributed by atoms with Gasteiger partial charge >= 0.3 is 0 Å². The molecule has 7 nitrogen and oxygen atoms in total. The molecule has 0 unspecified atom stereocenters. The molecule has 1 N–H and O–H groups in total. The number of hydrogen-bond donors (Lipinski definition) is 1. The van der Waals surface area contributed by atoms with Gasteiger partial charge in [0.2, 0.25) is 11.1 Å². The second-order valence-electron chi connectivity index (χ2n) is 5.03. The van der Waals surface area contributed by atoms with Crippen LogP contribution in [0.2, 0.25) is 10.0 Å². The zero-order valence-electron chi connectivity index (χ0n) is 13.0. The van der Waals surface area contributed by atoms with Crippen LogP contribution in [0.4, 0.5) is 5.82 Å². The number of carbonyl (C=O) groups excluding carboxylic acids is 1. The second kappa shape index (κ2) is 7.81. The Balaban J connectivity index is 1.66. The fourth-order valence-electron chi connectivity index (χ4n) is 2.00. The van der Waals surface area contributed by atoms with Crippen LogP contribution in [0.25, 0.3) is 5.69 Å². The summed E-state index contributed by atoms with van der Waals surface area (Å²) in [5.74, 6) is 0.0859. The minimum absolute atomic E-state index is 0.104. The van der Waals surface area contributed by atoms with Crippen LogP contribution in [0.15, 0.2) is 41.7 Å². The molecule has 0 atom stereocenters. The zero-order chi connectivity index (χ0) is 17.8. The third-order valence-corrected chi connectivity index (χ3v) is 4.50. The highest BCUT2D eigenvalue weighted by Gasteiger charge is 2.13. The van der Waals surface area contributed by atoms with Crippen molar-refractivity contribution in [2.75, 3.05) is 11.1 Å². The van der Waals surface area contributed by atoms with Crippen molar-refractivity contribution in [1.29, 1.82) is 0 Å². The lowest BCUT2D eigenvalue weighted by Gasteiger charge is -2.07. The number of carbonyl (C=O) groups is 1. The zero-order valence-corrected chi connectivity index (χ0v) is 15.3. The molecule has 0 saturated carbocycles. The van der Waals surface area contributed by atoms with E-state index in [2.05, 4.69) is 25.8 Å². The van der Waals surface area contributed by atoms with Gasteiger partial charge in [-0.3, -0.25) is 4.79 Å². The van der Waals surface area contributed by atoms with Crippen LogP contribution in [-0.2, 0) is 4.79 Å². The average molecular weight is 395 g/mol. The van der Waals surface area contributed by atoms with Crippen LogP contribution in [-0.4, -0.2) is 36.9 Å². The molecule has 0 saturated heterocycles. The van der Waals surface area contributed by atoms with Crippen LogP contribution >= 0.6 is 35.0 Å². The molecule has 3 rings (SSSR count). The number of tetrazole rings is 1. The summed E-state index contributed by atoms with van der Waals surface area (Å²) >= 11 is 13.0. The van der Waals surface area contributed by atoms with Crippen molar-refractivity contribution in [2.45, 2.75) is 12.1 Å². The van der Waals surface area contributed by atoms with E-state index in [4.69, 9.17) is 23.2 Å². The molecule has 0 aliphatic rings. The predicted octanol–water partition coefficient (Wildman–Crippen LogP) is 3.40. The number of hydrogen-bond acceptors (Lipinski definition) is 6. The largest absolute Gasteiger partial charge is 0.309 e. The molecule has 1 amide bonds. The maximum Gasteiger partial charge on any atom is 0.236 e. The normalized spacial score (nSPS) is 10.7. The smallest absolute Gasteiger partial charge is 0.236 e. The van der Waals surface area contributed by atoms with Gasteiger partial charge in [0.15, 0.2) is 5.82 Å². The summed E-state index contributed by atoms with van der Waals surface area (Å²) in [5, 5.41) is 15.4. The fraction of sp³-hybridized carbons (Fsp3) is 0.133. The maximum absolute atomic E-state index is 12.1. The number of nitrogens with one attached hydrogen (secondary N) is 1. The van der Waals surface area contributed by atoms with Crippen molar-refractivity contribution in [3.8, 4) is 5.69 Å². The van der Waals surface area contributed by atoms with E-state index in [1.165, 1.54) is 24.0 Å². The summed E-state index contributed by atoms with van der Waals surface area (Å²) in [4.78, 5) is 16.1. The first-order valence-corrected chi connectivity index (χ1v) is 8.86. The van der Waals surface area contributed by atoms with Gasteiger partial charge in [0.25, 0.3) is 0 Å². The van der Waals surface area contributed by atoms with Crippen LogP contribution in [0.5, 0.6) is 0 Å². The van der Waals surface area contributed by atoms with E-state index in [-0.39, 0.29) is 22.5 Å². The first kappa shape index (κ1) is 17.7. The summed E-state index contributed by atoms with van der Waals surface area (Å²) in [5.41, 5.74) is 1.92. The highest BCUT2D eigenvalue weighted by molar-refractivity contribution is 7.99. The Bertz CT molecular complexity index is 917. The lowest BCUT2D eigenvalue weighted by Crippen LogP contribution is -2.16. The number of benzene rings is 1. The molecular formula is C15H12Cl2N6OS. The molecule has 3 aromatic rings. The summed E-state index contributed by atoms with van der Waals surface area (Å²) in [7, 11) is 0. The van der Waals surface area contributed by atoms with Gasteiger partial charge in [0, 0.05) is 6.20 Å². The Labute approximate surface area is 157 Å². The van der Waals surface area contributed by atoms with E-state index in [1.807, 2.05) is 31.2 Å². The molecule has 1 aromatic carbocycles. The number of nitrogens with zero attached hydrogens (tertiary/aromatic N) is 5. The van der Waals surface area contributed by atoms with Gasteiger partial charge in [-0.15, -0.1) is 5.10 Å². The first-order valence-electron chi connectivity index (χ1n) is 7.12. The predicted molar refractivity (Wildman–Crippen MR) is 97.5 cm³/mol. The van der Waals surface area contributed by atoms with Crippen LogP contribution in [0.1, 0.15) is 5.56 Å². The van der Waals surface area contributed by atoms with Crippen LogP contribution < -0.4 is 5.32 Å². The van der Waals surface area contributed by atoms with Crippen LogP contribution in [0, 0.1) is 6.92 Å². The molecule has 0 spiro atoms. The molecule has 10 heteroatoms. The molecule has 0 radical (unpaired) electrons. The highest BCUT2D eigenvalue weighted by atomic mass is 35.5. The van der Waals surface area contributed by atoms with Crippen molar-refractivity contribution in [1.82, 2.24) is 25.2 Å². The molecule has 0 fully saturated rings. The topological polar surface area (TPSA) is 85.6 Å². The standard InChI is InChI=1S/C15H12Cl2N6OS/c1-9-3-2-4-11(5-9)23-15(20-21-22-23)25-8-13(24)19-14-12(17)6-10(16)7-18-14/h2-7H,8H2,1H3,(H,18,19,24). The van der Waals surface area contributed by atoms with Gasteiger partial charge in [-0.2, -0.15) is 4.68 Å². The molecule has 25 heavy (non-hydrogen) atoms. The number of amides is 1. The number of thioether (sulfide) groups is 1. The van der Waals surface area contributed by atoms with E-state index >= 15 is 0 Å². The minimum Gasteiger partial charge on any atom is -0.309 e. The summed E-state index contributed by atoms with van der Waals surface area (Å²) in [6.45, 7) is 1.98. The molecule has 0 aliphatic carbocycles. The summed E-state index contributed by atoms with van der Waals surface area (Å²) in [6.07, 6.45) is 1.41. The number of halogens is 2. The molecule has 2 heterocycles. The SMILES string of the molecule is Cc1cccc(-n2nnnc2SCC(=O)Nc2ncc(Cl)cc2Cl)c1. The van der Waals surface area contributed by atoms with E-state index in [0.29, 0.717) is 10.2 Å². The van der Waals surface area contributed by atoms with Gasteiger partial charge in [0.1, 0.15) is 0 Å². The van der Waals surface area contributed by atoms with Crippen molar-refractivity contribution < 1.29 is 4.79 Å². The lowest BCUT2D eigenvalue weighted by atomic mass is 10.2. The Morgan fingerprint density at radius 2 is 2.16 bits per heavy atom. The summed E-state index contributed by atoms with van der Waals surface area (Å²) < 4.78 is 1.58. The Morgan fingerprint density at radius 3 is 2.92 bits per heavy atom. The third kappa shape index (κ3) is 4.47.